The smallest absolute Gasteiger partial charge is 0.252 e. The lowest BCUT2D eigenvalue weighted by molar-refractivity contribution is 0.0929. The molecular weight excluding hydrogens is 362 g/mol. The minimum Gasteiger partial charge on any atom is -0.333 e. The Bertz CT molecular complexity index is 645. The number of rotatable bonds is 5. The van der Waals surface area contributed by atoms with Crippen LogP contribution in [0, 0.1) is 5.82 Å². The van der Waals surface area contributed by atoms with Crippen molar-refractivity contribution in [2.24, 2.45) is 0 Å². The molecule has 23 heavy (non-hydrogen) atoms. The number of benzene rings is 2. The maximum atomic E-state index is 12.9. The van der Waals surface area contributed by atoms with Crippen molar-refractivity contribution in [1.29, 1.82) is 0 Å². The van der Waals surface area contributed by atoms with E-state index in [4.69, 9.17) is 34.8 Å². The zero-order valence-corrected chi connectivity index (χ0v) is 14.2. The summed E-state index contributed by atoms with van der Waals surface area (Å²) in [7, 11) is 0. The lowest BCUT2D eigenvalue weighted by Crippen LogP contribution is -2.53. The van der Waals surface area contributed by atoms with Gasteiger partial charge in [-0.2, -0.15) is 0 Å². The van der Waals surface area contributed by atoms with Crippen LogP contribution in [0.3, 0.4) is 0 Å². The molecule has 3 nitrogen and oxygen atoms in total. The van der Waals surface area contributed by atoms with Gasteiger partial charge in [-0.15, -0.1) is 0 Å². The summed E-state index contributed by atoms with van der Waals surface area (Å²) in [6.07, 6.45) is -0.912. The average molecular weight is 376 g/mol. The molecule has 1 unspecified atom stereocenters. The second-order valence-corrected chi connectivity index (χ2v) is 7.19. The fraction of sp³-hybridized carbons (Fsp3) is 0.188. The van der Waals surface area contributed by atoms with E-state index in [1.54, 1.807) is 0 Å². The largest absolute Gasteiger partial charge is 0.333 e. The zero-order chi connectivity index (χ0) is 16.9. The molecule has 122 valence electrons. The van der Waals surface area contributed by atoms with Crippen molar-refractivity contribution in [3.8, 4) is 0 Å². The summed E-state index contributed by atoms with van der Waals surface area (Å²) in [5.41, 5.74) is 1.25. The molecule has 0 bridgehead atoms. The minimum atomic E-state index is -1.75. The van der Waals surface area contributed by atoms with Gasteiger partial charge in [-0.05, 0) is 29.8 Å². The standard InChI is InChI=1S/C16H14Cl3FN2O/c17-16(18,19)15(21-10-11-4-2-1-3-5-11)22-14(23)12-6-8-13(20)9-7-12/h1-9,15,21H,10H2,(H,22,23). The normalized spacial score (nSPS) is 12.7. The Morgan fingerprint density at radius 3 is 2.22 bits per heavy atom. The zero-order valence-electron chi connectivity index (χ0n) is 11.9. The number of hydrogen-bond donors (Lipinski definition) is 2. The Kier molecular flexibility index (Phi) is 6.25. The van der Waals surface area contributed by atoms with Crippen LogP contribution in [0.15, 0.2) is 54.6 Å². The fourth-order valence-corrected chi connectivity index (χ4v) is 2.28. The summed E-state index contributed by atoms with van der Waals surface area (Å²) < 4.78 is 11.2. The van der Waals surface area contributed by atoms with Crippen LogP contribution in [0.2, 0.25) is 0 Å². The summed E-state index contributed by atoms with van der Waals surface area (Å²) in [5, 5.41) is 5.58. The quantitative estimate of drug-likeness (QED) is 0.612. The van der Waals surface area contributed by atoms with Gasteiger partial charge in [-0.25, -0.2) is 4.39 Å². The van der Waals surface area contributed by atoms with Gasteiger partial charge in [0.15, 0.2) is 0 Å². The average Bonchev–Trinajstić information content (AvgIpc) is 2.51. The number of amides is 1. The van der Waals surface area contributed by atoms with Crippen molar-refractivity contribution >= 4 is 40.7 Å². The van der Waals surface area contributed by atoms with Crippen molar-refractivity contribution < 1.29 is 9.18 Å². The van der Waals surface area contributed by atoms with Crippen molar-refractivity contribution in [1.82, 2.24) is 10.6 Å². The number of hydrogen-bond acceptors (Lipinski definition) is 2. The van der Waals surface area contributed by atoms with Gasteiger partial charge in [-0.3, -0.25) is 10.1 Å². The van der Waals surface area contributed by atoms with Gasteiger partial charge in [0.1, 0.15) is 12.0 Å². The number of nitrogens with one attached hydrogen (secondary N) is 2. The summed E-state index contributed by atoms with van der Waals surface area (Å²) in [6, 6.07) is 14.6. The molecule has 0 aliphatic carbocycles. The summed E-state index contributed by atoms with van der Waals surface area (Å²) >= 11 is 17.7. The van der Waals surface area contributed by atoms with Crippen molar-refractivity contribution in [3.63, 3.8) is 0 Å². The van der Waals surface area contributed by atoms with Gasteiger partial charge in [-0.1, -0.05) is 65.1 Å². The van der Waals surface area contributed by atoms with Gasteiger partial charge >= 0.3 is 0 Å². The Morgan fingerprint density at radius 1 is 1.04 bits per heavy atom. The van der Waals surface area contributed by atoms with Crippen LogP contribution in [-0.2, 0) is 6.54 Å². The van der Waals surface area contributed by atoms with E-state index < -0.39 is 21.7 Å². The van der Waals surface area contributed by atoms with Crippen LogP contribution >= 0.6 is 34.8 Å². The molecule has 0 saturated carbocycles. The summed E-state index contributed by atoms with van der Waals surface area (Å²) in [5.74, 6) is -0.899. The topological polar surface area (TPSA) is 41.1 Å². The number of carbonyl (C=O) groups is 1. The highest BCUT2D eigenvalue weighted by Gasteiger charge is 2.33. The highest BCUT2D eigenvalue weighted by molar-refractivity contribution is 6.68. The molecule has 0 aromatic heterocycles. The minimum absolute atomic E-state index is 0.271. The van der Waals surface area contributed by atoms with Crippen LogP contribution in [0.1, 0.15) is 15.9 Å². The van der Waals surface area contributed by atoms with Crippen LogP contribution in [-0.4, -0.2) is 15.9 Å². The summed E-state index contributed by atoms with van der Waals surface area (Å²) in [6.45, 7) is 0.406. The monoisotopic (exact) mass is 374 g/mol. The third kappa shape index (κ3) is 5.66. The molecule has 7 heteroatoms. The molecule has 1 amide bonds. The third-order valence-electron chi connectivity index (χ3n) is 3.06. The van der Waals surface area contributed by atoms with Crippen LogP contribution in [0.25, 0.3) is 0 Å². The molecule has 2 aromatic carbocycles. The fourth-order valence-electron chi connectivity index (χ4n) is 1.88. The SMILES string of the molecule is O=C(NC(NCc1ccccc1)C(Cl)(Cl)Cl)c1ccc(F)cc1. The predicted octanol–water partition coefficient (Wildman–Crippen LogP) is 4.04. The van der Waals surface area contributed by atoms with Gasteiger partial charge in [0.2, 0.25) is 3.79 Å². The highest BCUT2D eigenvalue weighted by Crippen LogP contribution is 2.29. The molecular formula is C16H14Cl3FN2O. The van der Waals surface area contributed by atoms with Crippen LogP contribution in [0.4, 0.5) is 4.39 Å². The van der Waals surface area contributed by atoms with Gasteiger partial charge < -0.3 is 5.32 Å². The molecule has 2 rings (SSSR count). The lowest BCUT2D eigenvalue weighted by atomic mass is 10.2. The van der Waals surface area contributed by atoms with E-state index in [1.165, 1.54) is 24.3 Å². The molecule has 0 aliphatic heterocycles. The van der Waals surface area contributed by atoms with E-state index in [0.717, 1.165) is 5.56 Å². The molecule has 0 aliphatic rings. The first kappa shape index (κ1) is 18.0. The number of halogens is 4. The molecule has 0 fully saturated rings. The molecule has 0 spiro atoms. The molecule has 0 radical (unpaired) electrons. The maximum absolute atomic E-state index is 12.9. The Balaban J connectivity index is 2.04. The molecule has 2 N–H and O–H groups in total. The van der Waals surface area contributed by atoms with Crippen LogP contribution in [0.5, 0.6) is 0 Å². The van der Waals surface area contributed by atoms with E-state index in [-0.39, 0.29) is 5.56 Å². The first-order valence-electron chi connectivity index (χ1n) is 6.77. The van der Waals surface area contributed by atoms with Gasteiger partial charge in [0.05, 0.1) is 0 Å². The molecule has 0 saturated heterocycles. The first-order valence-corrected chi connectivity index (χ1v) is 7.90. The second-order valence-electron chi connectivity index (χ2n) is 4.82. The Labute approximate surface area is 148 Å². The van der Waals surface area contributed by atoms with E-state index in [9.17, 15) is 9.18 Å². The summed E-state index contributed by atoms with van der Waals surface area (Å²) in [4.78, 5) is 12.2. The lowest BCUT2D eigenvalue weighted by Gasteiger charge is -2.26. The third-order valence-corrected chi connectivity index (χ3v) is 3.72. The Hall–Kier alpha value is -1.33. The number of carbonyl (C=O) groups excluding carboxylic acids is 1. The molecule has 1 atom stereocenters. The Morgan fingerprint density at radius 2 is 1.65 bits per heavy atom. The number of alkyl halides is 3. The maximum Gasteiger partial charge on any atom is 0.252 e. The van der Waals surface area contributed by atoms with E-state index in [1.807, 2.05) is 30.3 Å². The van der Waals surface area contributed by atoms with E-state index in [2.05, 4.69) is 10.6 Å². The first-order chi connectivity index (χ1) is 10.9. The second kappa shape index (κ2) is 7.97. The van der Waals surface area contributed by atoms with Gasteiger partial charge in [0, 0.05) is 12.1 Å². The molecule has 2 aromatic rings. The van der Waals surface area contributed by atoms with E-state index in [0.29, 0.717) is 6.54 Å². The predicted molar refractivity (Wildman–Crippen MR) is 91.2 cm³/mol. The van der Waals surface area contributed by atoms with E-state index >= 15 is 0 Å². The molecule has 0 heterocycles. The van der Waals surface area contributed by atoms with Crippen molar-refractivity contribution in [2.45, 2.75) is 16.5 Å². The van der Waals surface area contributed by atoms with Gasteiger partial charge in [0.25, 0.3) is 5.91 Å². The van der Waals surface area contributed by atoms with Crippen molar-refractivity contribution in [3.05, 3.63) is 71.5 Å². The highest BCUT2D eigenvalue weighted by atomic mass is 35.6. The van der Waals surface area contributed by atoms with Crippen LogP contribution < -0.4 is 10.6 Å². The van der Waals surface area contributed by atoms with Crippen molar-refractivity contribution in [2.75, 3.05) is 0 Å².